The first kappa shape index (κ1) is 20.5. The molecular weight excluding hydrogens is 430 g/mol. The van der Waals surface area contributed by atoms with Crippen LogP contribution in [0.25, 0.3) is 33.9 Å². The van der Waals surface area contributed by atoms with Crippen LogP contribution in [0.15, 0.2) is 47.2 Å². The van der Waals surface area contributed by atoms with E-state index < -0.39 is 0 Å². The van der Waals surface area contributed by atoms with Gasteiger partial charge in [-0.2, -0.15) is 4.98 Å². The monoisotopic (exact) mass is 451 g/mol. The molecule has 3 heterocycles. The Balaban J connectivity index is 1.35. The fraction of sp³-hybridized carbons (Fsp3) is 0.304. The second-order valence-electron chi connectivity index (χ2n) is 7.75. The SMILES string of the molecule is COc1cc(Cl)ccc1-c1nc(-c2ccc3c(c2)ncn3CCC(=O)N2CCCC2)no1. The molecule has 32 heavy (non-hydrogen) atoms. The third-order valence-corrected chi connectivity index (χ3v) is 5.96. The summed E-state index contributed by atoms with van der Waals surface area (Å²) < 4.78 is 12.8. The van der Waals surface area contributed by atoms with Gasteiger partial charge in [0.2, 0.25) is 11.7 Å². The van der Waals surface area contributed by atoms with Gasteiger partial charge in [0.15, 0.2) is 0 Å². The van der Waals surface area contributed by atoms with Gasteiger partial charge in [-0.15, -0.1) is 0 Å². The Hall–Kier alpha value is -3.39. The summed E-state index contributed by atoms with van der Waals surface area (Å²) >= 11 is 6.04. The molecule has 0 radical (unpaired) electrons. The highest BCUT2D eigenvalue weighted by atomic mass is 35.5. The zero-order valence-electron chi connectivity index (χ0n) is 17.6. The van der Waals surface area contributed by atoms with Crippen LogP contribution in [0.2, 0.25) is 5.02 Å². The molecule has 8 nitrogen and oxygen atoms in total. The molecule has 0 atom stereocenters. The molecule has 2 aromatic heterocycles. The second kappa shape index (κ2) is 8.63. The number of halogens is 1. The summed E-state index contributed by atoms with van der Waals surface area (Å²) in [6, 6.07) is 11.0. The topological polar surface area (TPSA) is 86.3 Å². The molecular formula is C23H22ClN5O3. The standard InChI is InChI=1S/C23H22ClN5O3/c1-31-20-13-16(24)5-6-17(20)23-26-22(27-32-23)15-4-7-19-18(12-15)25-14-29(19)11-8-21(30)28-9-2-3-10-28/h4-7,12-14H,2-3,8-11H2,1H3. The molecule has 0 aliphatic carbocycles. The van der Waals surface area contributed by atoms with Crippen molar-refractivity contribution >= 4 is 28.5 Å². The van der Waals surface area contributed by atoms with Crippen LogP contribution in [-0.2, 0) is 11.3 Å². The molecule has 5 rings (SSSR count). The molecule has 1 amide bonds. The predicted octanol–water partition coefficient (Wildman–Crippen LogP) is 4.43. The number of fused-ring (bicyclic) bond motifs is 1. The Morgan fingerprint density at radius 1 is 1.19 bits per heavy atom. The van der Waals surface area contributed by atoms with Crippen LogP contribution < -0.4 is 4.74 Å². The van der Waals surface area contributed by atoms with Gasteiger partial charge in [0.25, 0.3) is 5.89 Å². The molecule has 1 saturated heterocycles. The van der Waals surface area contributed by atoms with Crippen molar-refractivity contribution < 1.29 is 14.1 Å². The lowest BCUT2D eigenvalue weighted by atomic mass is 10.1. The number of nitrogens with zero attached hydrogens (tertiary/aromatic N) is 5. The number of aryl methyl sites for hydroxylation is 1. The van der Waals surface area contributed by atoms with Gasteiger partial charge < -0.3 is 18.7 Å². The van der Waals surface area contributed by atoms with Crippen molar-refractivity contribution in [2.75, 3.05) is 20.2 Å². The average molecular weight is 452 g/mol. The minimum absolute atomic E-state index is 0.206. The highest BCUT2D eigenvalue weighted by Gasteiger charge is 2.19. The van der Waals surface area contributed by atoms with Crippen LogP contribution in [0.5, 0.6) is 5.75 Å². The fourth-order valence-corrected chi connectivity index (χ4v) is 4.18. The lowest BCUT2D eigenvalue weighted by molar-refractivity contribution is -0.130. The normalized spacial score (nSPS) is 13.8. The van der Waals surface area contributed by atoms with E-state index in [9.17, 15) is 4.79 Å². The first-order valence-corrected chi connectivity index (χ1v) is 10.9. The quantitative estimate of drug-likeness (QED) is 0.431. The number of carbonyl (C=O) groups excluding carboxylic acids is 1. The molecule has 2 aromatic carbocycles. The van der Waals surface area contributed by atoms with E-state index in [1.54, 1.807) is 31.6 Å². The zero-order chi connectivity index (χ0) is 22.1. The largest absolute Gasteiger partial charge is 0.496 e. The summed E-state index contributed by atoms with van der Waals surface area (Å²) in [5.74, 6) is 1.57. The third-order valence-electron chi connectivity index (χ3n) is 5.72. The number of imidazole rings is 1. The number of amides is 1. The van der Waals surface area contributed by atoms with Crippen LogP contribution in [0, 0.1) is 0 Å². The van der Waals surface area contributed by atoms with Crippen molar-refractivity contribution in [1.29, 1.82) is 0 Å². The second-order valence-corrected chi connectivity index (χ2v) is 8.18. The third kappa shape index (κ3) is 3.93. The Morgan fingerprint density at radius 3 is 2.84 bits per heavy atom. The minimum atomic E-state index is 0.206. The summed E-state index contributed by atoms with van der Waals surface area (Å²) in [4.78, 5) is 23.3. The van der Waals surface area contributed by atoms with Gasteiger partial charge >= 0.3 is 0 Å². The maximum absolute atomic E-state index is 12.3. The van der Waals surface area contributed by atoms with Gasteiger partial charge in [-0.3, -0.25) is 4.79 Å². The summed E-state index contributed by atoms with van der Waals surface area (Å²) in [6.07, 6.45) is 4.45. The fourth-order valence-electron chi connectivity index (χ4n) is 4.01. The van der Waals surface area contributed by atoms with Crippen molar-refractivity contribution in [2.45, 2.75) is 25.8 Å². The smallest absolute Gasteiger partial charge is 0.262 e. The maximum Gasteiger partial charge on any atom is 0.262 e. The molecule has 0 saturated carbocycles. The highest BCUT2D eigenvalue weighted by Crippen LogP contribution is 2.32. The summed E-state index contributed by atoms with van der Waals surface area (Å²) in [7, 11) is 1.56. The van der Waals surface area contributed by atoms with Crippen molar-refractivity contribution in [3.63, 3.8) is 0 Å². The number of hydrogen-bond donors (Lipinski definition) is 0. The van der Waals surface area contributed by atoms with Gasteiger partial charge in [-0.25, -0.2) is 4.98 Å². The number of benzene rings is 2. The van der Waals surface area contributed by atoms with Gasteiger partial charge in [0.05, 0.1) is 30.0 Å². The van der Waals surface area contributed by atoms with Crippen LogP contribution in [0.1, 0.15) is 19.3 Å². The van der Waals surface area contributed by atoms with Crippen LogP contribution in [-0.4, -0.2) is 50.7 Å². The number of likely N-dealkylation sites (tertiary alicyclic amines) is 1. The summed E-state index contributed by atoms with van der Waals surface area (Å²) in [5, 5.41) is 4.68. The first-order valence-electron chi connectivity index (χ1n) is 10.5. The van der Waals surface area contributed by atoms with Crippen molar-refractivity contribution in [3.8, 4) is 28.6 Å². The number of aromatic nitrogens is 4. The molecule has 4 aromatic rings. The molecule has 0 N–H and O–H groups in total. The van der Waals surface area contributed by atoms with E-state index in [0.717, 1.165) is 42.5 Å². The molecule has 164 valence electrons. The number of hydrogen-bond acceptors (Lipinski definition) is 6. The first-order chi connectivity index (χ1) is 15.6. The van der Waals surface area contributed by atoms with Gasteiger partial charge in [0.1, 0.15) is 5.75 Å². The highest BCUT2D eigenvalue weighted by molar-refractivity contribution is 6.30. The van der Waals surface area contributed by atoms with E-state index in [1.807, 2.05) is 27.7 Å². The molecule has 1 aliphatic heterocycles. The number of methoxy groups -OCH3 is 1. The van der Waals surface area contributed by atoms with E-state index >= 15 is 0 Å². The van der Waals surface area contributed by atoms with E-state index in [2.05, 4.69) is 15.1 Å². The summed E-state index contributed by atoms with van der Waals surface area (Å²) in [5.41, 5.74) is 3.24. The van der Waals surface area contributed by atoms with E-state index in [4.69, 9.17) is 20.9 Å². The van der Waals surface area contributed by atoms with Crippen LogP contribution in [0.3, 0.4) is 0 Å². The Morgan fingerprint density at radius 2 is 2.03 bits per heavy atom. The van der Waals surface area contributed by atoms with Crippen molar-refractivity contribution in [1.82, 2.24) is 24.6 Å². The minimum Gasteiger partial charge on any atom is -0.496 e. The Bertz CT molecular complexity index is 1280. The van der Waals surface area contributed by atoms with Crippen molar-refractivity contribution in [3.05, 3.63) is 47.7 Å². The Kier molecular flexibility index (Phi) is 5.53. The van der Waals surface area contributed by atoms with Gasteiger partial charge in [-0.1, -0.05) is 16.8 Å². The van der Waals surface area contributed by atoms with E-state index in [1.165, 1.54) is 0 Å². The number of rotatable bonds is 6. The summed E-state index contributed by atoms with van der Waals surface area (Å²) in [6.45, 7) is 2.36. The number of ether oxygens (including phenoxy) is 1. The van der Waals surface area contributed by atoms with E-state index in [-0.39, 0.29) is 5.91 Å². The lowest BCUT2D eigenvalue weighted by Crippen LogP contribution is -2.28. The molecule has 1 fully saturated rings. The molecule has 9 heteroatoms. The average Bonchev–Trinajstić information content (AvgIpc) is 3.58. The van der Waals surface area contributed by atoms with Gasteiger partial charge in [-0.05, 0) is 49.2 Å². The molecule has 0 spiro atoms. The van der Waals surface area contributed by atoms with Crippen LogP contribution in [0.4, 0.5) is 0 Å². The van der Waals surface area contributed by atoms with E-state index in [0.29, 0.717) is 41.0 Å². The predicted molar refractivity (Wildman–Crippen MR) is 120 cm³/mol. The zero-order valence-corrected chi connectivity index (χ0v) is 18.4. The molecule has 0 unspecified atom stereocenters. The molecule has 1 aliphatic rings. The van der Waals surface area contributed by atoms with Gasteiger partial charge in [0, 0.05) is 36.6 Å². The van der Waals surface area contributed by atoms with Crippen molar-refractivity contribution in [2.24, 2.45) is 0 Å². The maximum atomic E-state index is 12.3. The number of carbonyl (C=O) groups is 1. The lowest BCUT2D eigenvalue weighted by Gasteiger charge is -2.15. The van der Waals surface area contributed by atoms with Crippen LogP contribution >= 0.6 is 11.6 Å². The Labute approximate surface area is 189 Å². The molecule has 0 bridgehead atoms.